The van der Waals surface area contributed by atoms with Crippen molar-refractivity contribution in [3.05, 3.63) is 41.5 Å². The summed E-state index contributed by atoms with van der Waals surface area (Å²) < 4.78 is 32.1. The number of carbonyl (C=O) groups is 2. The Balaban J connectivity index is 1.43. The average Bonchev–Trinajstić information content (AvgIpc) is 3.52. The van der Waals surface area contributed by atoms with Crippen LogP contribution in [0.3, 0.4) is 0 Å². The molecule has 0 amide bonds. The molecule has 3 aliphatic heterocycles. The number of hydrogen-bond donors (Lipinski definition) is 4. The summed E-state index contributed by atoms with van der Waals surface area (Å²) in [6, 6.07) is 6.89. The molecule has 3 heterocycles. The number of rotatable bonds is 6. The SMILES string of the molecule is O=C(C(=O)c1cc2c(c(O[C@@H]3O[C@H](CO)[C@@H](O)[C@H](O)[C@H]3O)c1)OCO2)c1ccc2c(c1)OCO2. The van der Waals surface area contributed by atoms with E-state index in [-0.39, 0.29) is 42.0 Å². The quantitative estimate of drug-likeness (QED) is 0.308. The van der Waals surface area contributed by atoms with Crippen LogP contribution in [0.15, 0.2) is 30.3 Å². The van der Waals surface area contributed by atoms with Crippen molar-refractivity contribution in [2.45, 2.75) is 30.7 Å². The van der Waals surface area contributed by atoms with Crippen LogP contribution >= 0.6 is 0 Å². The Morgan fingerprint density at radius 1 is 0.824 bits per heavy atom. The van der Waals surface area contributed by atoms with Crippen molar-refractivity contribution in [3.8, 4) is 28.7 Å². The lowest BCUT2D eigenvalue weighted by molar-refractivity contribution is -0.277. The van der Waals surface area contributed by atoms with E-state index in [1.54, 1.807) is 0 Å². The maximum absolute atomic E-state index is 13.0. The van der Waals surface area contributed by atoms with Gasteiger partial charge in [-0.2, -0.15) is 0 Å². The Kier molecular flexibility index (Phi) is 5.75. The van der Waals surface area contributed by atoms with E-state index in [0.29, 0.717) is 11.5 Å². The van der Waals surface area contributed by atoms with Gasteiger partial charge >= 0.3 is 0 Å². The van der Waals surface area contributed by atoms with Gasteiger partial charge in [-0.1, -0.05) is 0 Å². The number of carbonyl (C=O) groups excluding carboxylic acids is 2. The Morgan fingerprint density at radius 3 is 2.29 bits per heavy atom. The average molecular weight is 476 g/mol. The Bertz CT molecular complexity index is 1130. The molecule has 34 heavy (non-hydrogen) atoms. The van der Waals surface area contributed by atoms with E-state index in [4.69, 9.17) is 28.4 Å². The Labute approximate surface area is 191 Å². The van der Waals surface area contributed by atoms with Crippen molar-refractivity contribution in [2.75, 3.05) is 20.2 Å². The van der Waals surface area contributed by atoms with Gasteiger partial charge in [-0.25, -0.2) is 0 Å². The monoisotopic (exact) mass is 476 g/mol. The number of aliphatic hydroxyl groups excluding tert-OH is 4. The normalized spacial score (nSPS) is 26.9. The fourth-order valence-corrected chi connectivity index (χ4v) is 3.79. The molecule has 0 aliphatic carbocycles. The molecule has 0 aromatic heterocycles. The third kappa shape index (κ3) is 3.81. The van der Waals surface area contributed by atoms with E-state index >= 15 is 0 Å². The zero-order chi connectivity index (χ0) is 24.0. The number of fused-ring (bicyclic) bond motifs is 2. The molecule has 0 saturated carbocycles. The molecule has 3 aliphatic rings. The van der Waals surface area contributed by atoms with Crippen LogP contribution in [-0.4, -0.2) is 82.9 Å². The second-order valence-corrected chi connectivity index (χ2v) is 7.75. The van der Waals surface area contributed by atoms with Gasteiger partial charge < -0.3 is 48.8 Å². The molecule has 180 valence electrons. The highest BCUT2D eigenvalue weighted by atomic mass is 16.7. The van der Waals surface area contributed by atoms with Crippen LogP contribution in [-0.2, 0) is 4.74 Å². The Morgan fingerprint density at radius 2 is 1.50 bits per heavy atom. The van der Waals surface area contributed by atoms with E-state index in [1.165, 1.54) is 30.3 Å². The number of ether oxygens (including phenoxy) is 6. The predicted octanol–water partition coefficient (Wildman–Crippen LogP) is -0.612. The minimum atomic E-state index is -1.69. The van der Waals surface area contributed by atoms with Gasteiger partial charge in [0.05, 0.1) is 6.61 Å². The van der Waals surface area contributed by atoms with Crippen LogP contribution in [0.5, 0.6) is 28.7 Å². The smallest absolute Gasteiger partial charge is 0.233 e. The van der Waals surface area contributed by atoms with Crippen molar-refractivity contribution in [1.29, 1.82) is 0 Å². The van der Waals surface area contributed by atoms with Crippen LogP contribution in [0, 0.1) is 0 Å². The topological polar surface area (TPSA) is 170 Å². The number of hydrogen-bond acceptors (Lipinski definition) is 12. The number of benzene rings is 2. The van der Waals surface area contributed by atoms with Gasteiger partial charge in [0.2, 0.25) is 37.2 Å². The van der Waals surface area contributed by atoms with Crippen LogP contribution in [0.1, 0.15) is 20.7 Å². The number of ketones is 2. The van der Waals surface area contributed by atoms with Gasteiger partial charge in [-0.05, 0) is 30.3 Å². The maximum atomic E-state index is 13.0. The van der Waals surface area contributed by atoms with Crippen molar-refractivity contribution in [3.63, 3.8) is 0 Å². The highest BCUT2D eigenvalue weighted by Crippen LogP contribution is 2.43. The molecule has 2 aromatic rings. The van der Waals surface area contributed by atoms with Gasteiger partial charge in [0.25, 0.3) is 0 Å². The molecule has 2 aromatic carbocycles. The largest absolute Gasteiger partial charge is 0.458 e. The highest BCUT2D eigenvalue weighted by molar-refractivity contribution is 6.49. The summed E-state index contributed by atoms with van der Waals surface area (Å²) in [5.41, 5.74) is -0.00479. The summed E-state index contributed by atoms with van der Waals surface area (Å²) >= 11 is 0. The van der Waals surface area contributed by atoms with Crippen LogP contribution < -0.4 is 23.7 Å². The van der Waals surface area contributed by atoms with Crippen molar-refractivity contribution in [1.82, 2.24) is 0 Å². The summed E-state index contributed by atoms with van der Waals surface area (Å²) in [7, 11) is 0. The summed E-state index contributed by atoms with van der Waals surface area (Å²) in [5.74, 6) is -0.806. The standard InChI is InChI=1S/C22H20O12/c23-6-15-18(26)19(27)20(28)22(34-15)33-14-5-10(4-13-21(14)32-8-31-13)17(25)16(24)9-1-2-11-12(3-9)30-7-29-11/h1-5,15,18-20,22-23,26-28H,6-8H2/t15-,18-,19+,20-,22-/m1/s1. The van der Waals surface area contributed by atoms with Crippen molar-refractivity contribution >= 4 is 11.6 Å². The van der Waals surface area contributed by atoms with Gasteiger partial charge in [0.1, 0.15) is 24.4 Å². The molecule has 12 heteroatoms. The fourth-order valence-electron chi connectivity index (χ4n) is 3.79. The van der Waals surface area contributed by atoms with Crippen LogP contribution in [0.25, 0.3) is 0 Å². The lowest BCUT2D eigenvalue weighted by Gasteiger charge is -2.39. The molecule has 0 unspecified atom stereocenters. The predicted molar refractivity (Wildman–Crippen MR) is 108 cm³/mol. The molecule has 4 N–H and O–H groups in total. The molecule has 5 atom stereocenters. The lowest BCUT2D eigenvalue weighted by atomic mass is 9.99. The first-order chi connectivity index (χ1) is 16.4. The van der Waals surface area contributed by atoms with E-state index in [0.717, 1.165) is 0 Å². The molecular weight excluding hydrogens is 456 g/mol. The van der Waals surface area contributed by atoms with Gasteiger partial charge in [-0.15, -0.1) is 0 Å². The zero-order valence-electron chi connectivity index (χ0n) is 17.4. The van der Waals surface area contributed by atoms with E-state index in [9.17, 15) is 30.0 Å². The number of Topliss-reactive ketones (excluding diaryl/α,β-unsaturated/α-hetero) is 2. The van der Waals surface area contributed by atoms with E-state index < -0.39 is 48.9 Å². The third-order valence-corrected chi connectivity index (χ3v) is 5.63. The third-order valence-electron chi connectivity index (χ3n) is 5.63. The molecule has 0 spiro atoms. The minimum absolute atomic E-state index is 0.0156. The van der Waals surface area contributed by atoms with Crippen LogP contribution in [0.4, 0.5) is 0 Å². The Hall–Kier alpha value is -3.42. The highest BCUT2D eigenvalue weighted by Gasteiger charge is 2.45. The molecule has 0 radical (unpaired) electrons. The molecule has 0 bridgehead atoms. The summed E-state index contributed by atoms with van der Waals surface area (Å²) in [6.07, 6.45) is -7.66. The molecule has 1 saturated heterocycles. The summed E-state index contributed by atoms with van der Waals surface area (Å²) in [4.78, 5) is 25.8. The fraction of sp³-hybridized carbons (Fsp3) is 0.364. The number of aliphatic hydroxyl groups is 4. The first-order valence-electron chi connectivity index (χ1n) is 10.3. The summed E-state index contributed by atoms with van der Waals surface area (Å²) in [6.45, 7) is -0.819. The molecule has 5 rings (SSSR count). The van der Waals surface area contributed by atoms with Gasteiger partial charge in [0.15, 0.2) is 23.0 Å². The van der Waals surface area contributed by atoms with Crippen molar-refractivity contribution < 1.29 is 58.4 Å². The first kappa shape index (κ1) is 22.4. The molecule has 1 fully saturated rings. The van der Waals surface area contributed by atoms with E-state index in [2.05, 4.69) is 0 Å². The second-order valence-electron chi connectivity index (χ2n) is 7.75. The minimum Gasteiger partial charge on any atom is -0.458 e. The zero-order valence-corrected chi connectivity index (χ0v) is 17.4. The van der Waals surface area contributed by atoms with Crippen molar-refractivity contribution in [2.24, 2.45) is 0 Å². The van der Waals surface area contributed by atoms with Crippen LogP contribution in [0.2, 0.25) is 0 Å². The summed E-state index contributed by atoms with van der Waals surface area (Å²) in [5, 5.41) is 39.6. The molecule has 12 nitrogen and oxygen atoms in total. The maximum Gasteiger partial charge on any atom is 0.233 e. The van der Waals surface area contributed by atoms with E-state index in [1.807, 2.05) is 0 Å². The molecular formula is C22H20O12. The first-order valence-corrected chi connectivity index (χ1v) is 10.3. The van der Waals surface area contributed by atoms with Gasteiger partial charge in [-0.3, -0.25) is 9.59 Å². The second kappa shape index (κ2) is 8.74. The lowest BCUT2D eigenvalue weighted by Crippen LogP contribution is -2.60. The van der Waals surface area contributed by atoms with Gasteiger partial charge in [0, 0.05) is 11.1 Å².